The first-order valence-electron chi connectivity index (χ1n) is 8.18. The Morgan fingerprint density at radius 3 is 2.48 bits per heavy atom. The van der Waals surface area contributed by atoms with E-state index in [9.17, 15) is 20.2 Å². The molecule has 0 fully saturated rings. The van der Waals surface area contributed by atoms with Gasteiger partial charge in [0.15, 0.2) is 0 Å². The Morgan fingerprint density at radius 2 is 1.97 bits per heavy atom. The van der Waals surface area contributed by atoms with E-state index >= 15 is 0 Å². The summed E-state index contributed by atoms with van der Waals surface area (Å²) in [6.07, 6.45) is 1.42. The number of nitro groups is 1. The van der Waals surface area contributed by atoms with Crippen molar-refractivity contribution in [2.24, 2.45) is 0 Å². The van der Waals surface area contributed by atoms with Crippen molar-refractivity contribution in [3.05, 3.63) is 58.7 Å². The van der Waals surface area contributed by atoms with Gasteiger partial charge in [-0.05, 0) is 88.0 Å². The lowest BCUT2D eigenvalue weighted by atomic mass is 10.1. The molecule has 2 rings (SSSR count). The summed E-state index contributed by atoms with van der Waals surface area (Å²) in [5.74, 6) is 0.270. The Kier molecular flexibility index (Phi) is 8.21. The van der Waals surface area contributed by atoms with E-state index in [1.807, 2.05) is 13.0 Å². The number of nitro benzene ring substituents is 1. The van der Waals surface area contributed by atoms with Gasteiger partial charge in [0.05, 0.1) is 31.8 Å². The van der Waals surface area contributed by atoms with Gasteiger partial charge in [0, 0.05) is 0 Å². The van der Waals surface area contributed by atoms with Crippen molar-refractivity contribution in [3.8, 4) is 17.6 Å². The van der Waals surface area contributed by atoms with E-state index in [1.54, 1.807) is 12.1 Å². The minimum atomic E-state index is -0.750. The van der Waals surface area contributed by atoms with Crippen molar-refractivity contribution in [3.63, 3.8) is 0 Å². The predicted molar refractivity (Wildman–Crippen MR) is 125 cm³/mol. The zero-order valence-corrected chi connectivity index (χ0v) is 19.7. The number of anilines is 1. The molecule has 2 aromatic rings. The van der Waals surface area contributed by atoms with E-state index in [1.165, 1.54) is 31.4 Å². The summed E-state index contributed by atoms with van der Waals surface area (Å²) in [5.41, 5.74) is 0.0852. The molecule has 0 saturated heterocycles. The summed E-state index contributed by atoms with van der Waals surface area (Å²) in [4.78, 5) is 23.2. The number of amides is 1. The second-order valence-electron chi connectivity index (χ2n) is 5.51. The van der Waals surface area contributed by atoms with Crippen LogP contribution in [0.15, 0.2) is 35.9 Å². The van der Waals surface area contributed by atoms with Crippen molar-refractivity contribution in [1.82, 2.24) is 0 Å². The Morgan fingerprint density at radius 1 is 1.31 bits per heavy atom. The number of ether oxygens (including phenoxy) is 2. The van der Waals surface area contributed by atoms with Gasteiger partial charge in [-0.3, -0.25) is 14.9 Å². The van der Waals surface area contributed by atoms with Crippen LogP contribution in [-0.4, -0.2) is 24.5 Å². The predicted octanol–water partition coefficient (Wildman–Crippen LogP) is 4.76. The number of benzene rings is 2. The first-order chi connectivity index (χ1) is 13.8. The van der Waals surface area contributed by atoms with Gasteiger partial charge in [-0.1, -0.05) is 0 Å². The summed E-state index contributed by atoms with van der Waals surface area (Å²) in [6, 6.07) is 9.44. The van der Waals surface area contributed by atoms with Crippen LogP contribution in [-0.2, 0) is 4.79 Å². The van der Waals surface area contributed by atoms with Crippen LogP contribution in [0.2, 0.25) is 0 Å². The van der Waals surface area contributed by atoms with Gasteiger partial charge in [0.25, 0.3) is 11.6 Å². The van der Waals surface area contributed by atoms with Gasteiger partial charge in [0.2, 0.25) is 0 Å². The monoisotopic (exact) mass is 619 g/mol. The summed E-state index contributed by atoms with van der Waals surface area (Å²) >= 11 is 4.24. The quantitative estimate of drug-likeness (QED) is 0.157. The number of nitrogens with zero attached hydrogens (tertiary/aromatic N) is 2. The van der Waals surface area contributed by atoms with E-state index < -0.39 is 10.8 Å². The largest absolute Gasteiger partial charge is 0.496 e. The molecule has 0 bridgehead atoms. The number of hydrogen-bond donors (Lipinski definition) is 1. The molecule has 0 saturated carbocycles. The van der Waals surface area contributed by atoms with Crippen LogP contribution in [0.25, 0.3) is 6.08 Å². The van der Waals surface area contributed by atoms with Crippen molar-refractivity contribution in [2.75, 3.05) is 19.0 Å². The van der Waals surface area contributed by atoms with Gasteiger partial charge >= 0.3 is 0 Å². The van der Waals surface area contributed by atoms with E-state index in [0.29, 0.717) is 12.2 Å². The Hall–Kier alpha value is -2.40. The molecule has 10 heteroatoms. The number of nitriles is 1. The molecule has 1 amide bonds. The normalized spacial score (nSPS) is 10.8. The molecule has 0 aliphatic carbocycles. The zero-order valence-electron chi connectivity index (χ0n) is 15.4. The molecule has 1 N–H and O–H groups in total. The molecule has 0 atom stereocenters. The fraction of sp³-hybridized carbons (Fsp3) is 0.158. The number of carbonyl (C=O) groups excluding carboxylic acids is 1. The van der Waals surface area contributed by atoms with Crippen molar-refractivity contribution < 1.29 is 19.2 Å². The van der Waals surface area contributed by atoms with Crippen LogP contribution in [0.5, 0.6) is 11.5 Å². The maximum atomic E-state index is 12.5. The maximum Gasteiger partial charge on any atom is 0.296 e. The van der Waals surface area contributed by atoms with Crippen LogP contribution < -0.4 is 14.8 Å². The van der Waals surface area contributed by atoms with E-state index in [2.05, 4.69) is 50.5 Å². The lowest BCUT2D eigenvalue weighted by Gasteiger charge is -2.10. The molecule has 0 heterocycles. The summed E-state index contributed by atoms with van der Waals surface area (Å²) in [5, 5.41) is 23.1. The van der Waals surface area contributed by atoms with Crippen molar-refractivity contribution in [2.45, 2.75) is 6.92 Å². The highest BCUT2D eigenvalue weighted by Gasteiger charge is 2.19. The number of carbonyl (C=O) groups is 1. The lowest BCUT2D eigenvalue weighted by Crippen LogP contribution is -2.14. The van der Waals surface area contributed by atoms with Gasteiger partial charge < -0.3 is 14.8 Å². The third kappa shape index (κ3) is 5.80. The summed E-state index contributed by atoms with van der Waals surface area (Å²) in [7, 11) is 1.38. The van der Waals surface area contributed by atoms with Gasteiger partial charge in [-0.25, -0.2) is 0 Å². The average Bonchev–Trinajstić information content (AvgIpc) is 2.68. The van der Waals surface area contributed by atoms with Crippen LogP contribution in [0, 0.1) is 28.6 Å². The number of rotatable bonds is 7. The van der Waals surface area contributed by atoms with Crippen LogP contribution >= 0.6 is 45.2 Å². The minimum absolute atomic E-state index is 0.0298. The third-order valence-corrected chi connectivity index (χ3v) is 5.24. The highest BCUT2D eigenvalue weighted by molar-refractivity contribution is 14.1. The minimum Gasteiger partial charge on any atom is -0.496 e. The fourth-order valence-electron chi connectivity index (χ4n) is 2.35. The van der Waals surface area contributed by atoms with Gasteiger partial charge in [-0.15, -0.1) is 0 Å². The summed E-state index contributed by atoms with van der Waals surface area (Å²) in [6.45, 7) is 2.41. The number of halogens is 2. The highest BCUT2D eigenvalue weighted by Crippen LogP contribution is 2.31. The van der Waals surface area contributed by atoms with E-state index in [0.717, 1.165) is 12.9 Å². The second kappa shape index (κ2) is 10.4. The molecule has 0 aliphatic rings. The van der Waals surface area contributed by atoms with Gasteiger partial charge in [0.1, 0.15) is 28.8 Å². The highest BCUT2D eigenvalue weighted by atomic mass is 127. The van der Waals surface area contributed by atoms with Crippen LogP contribution in [0.4, 0.5) is 11.4 Å². The van der Waals surface area contributed by atoms with Crippen LogP contribution in [0.1, 0.15) is 12.5 Å². The van der Waals surface area contributed by atoms with Crippen LogP contribution in [0.3, 0.4) is 0 Å². The average molecular weight is 619 g/mol. The molecular weight excluding hydrogens is 604 g/mol. The van der Waals surface area contributed by atoms with Crippen molar-refractivity contribution >= 4 is 68.5 Å². The Bertz CT molecular complexity index is 1010. The second-order valence-corrected chi connectivity index (χ2v) is 7.84. The molecule has 29 heavy (non-hydrogen) atoms. The first-order valence-corrected chi connectivity index (χ1v) is 10.3. The number of methoxy groups -OCH3 is 1. The first kappa shape index (κ1) is 22.9. The molecule has 0 radical (unpaired) electrons. The van der Waals surface area contributed by atoms with Crippen molar-refractivity contribution in [1.29, 1.82) is 5.26 Å². The molecular formula is C19H15I2N3O5. The third-order valence-electron chi connectivity index (χ3n) is 3.64. The molecule has 0 unspecified atom stereocenters. The molecule has 0 spiro atoms. The number of hydrogen-bond acceptors (Lipinski definition) is 6. The zero-order chi connectivity index (χ0) is 21.6. The van der Waals surface area contributed by atoms with Gasteiger partial charge in [-0.2, -0.15) is 5.26 Å². The topological polar surface area (TPSA) is 114 Å². The Labute approximate surface area is 194 Å². The smallest absolute Gasteiger partial charge is 0.296 e. The molecule has 0 aromatic heterocycles. The van der Waals surface area contributed by atoms with E-state index in [-0.39, 0.29) is 22.7 Å². The summed E-state index contributed by atoms with van der Waals surface area (Å²) < 4.78 is 12.2. The molecule has 2 aromatic carbocycles. The fourth-order valence-corrected chi connectivity index (χ4v) is 4.47. The SMILES string of the molecule is CCOc1c(I)cc(/C=C(\C#N)C(=O)Nc2ccc(OC)cc2[N+](=O)[O-])cc1I. The van der Waals surface area contributed by atoms with E-state index in [4.69, 9.17) is 9.47 Å². The number of nitrogens with one attached hydrogen (secondary N) is 1. The molecule has 150 valence electrons. The standard InChI is InChI=1S/C19H15I2N3O5/c1-3-29-18-14(20)7-11(8-15(18)21)6-12(10-22)19(25)23-16-5-4-13(28-2)9-17(16)24(26)27/h4-9H,3H2,1-2H3,(H,23,25)/b12-6+. The maximum absolute atomic E-state index is 12.5. The lowest BCUT2D eigenvalue weighted by molar-refractivity contribution is -0.384. The molecule has 8 nitrogen and oxygen atoms in total. The molecule has 0 aliphatic heterocycles. The Balaban J connectivity index is 2.35.